The molecule has 4 aromatic rings. The monoisotopic (exact) mass is 373 g/mol. The van der Waals surface area contributed by atoms with Crippen molar-refractivity contribution in [2.24, 2.45) is 5.84 Å². The van der Waals surface area contributed by atoms with Crippen LogP contribution in [0.15, 0.2) is 61.1 Å². The second-order valence-corrected chi connectivity index (χ2v) is 6.08. The number of nitrogen functional groups attached to an aromatic ring is 2. The van der Waals surface area contributed by atoms with Crippen LogP contribution in [0.3, 0.4) is 0 Å². The van der Waals surface area contributed by atoms with Gasteiger partial charge < -0.3 is 21.8 Å². The van der Waals surface area contributed by atoms with Crippen molar-refractivity contribution in [2.45, 2.75) is 6.54 Å². The van der Waals surface area contributed by atoms with Crippen molar-refractivity contribution in [2.75, 3.05) is 21.8 Å². The molecule has 28 heavy (non-hydrogen) atoms. The number of nitrogens with one attached hydrogen (secondary N) is 3. The van der Waals surface area contributed by atoms with Gasteiger partial charge in [0.25, 0.3) is 0 Å². The first-order valence-electron chi connectivity index (χ1n) is 8.61. The summed E-state index contributed by atoms with van der Waals surface area (Å²) in [6.07, 6.45) is 4.98. The lowest BCUT2D eigenvalue weighted by Crippen LogP contribution is -2.14. The smallest absolute Gasteiger partial charge is 0.183 e. The second-order valence-electron chi connectivity index (χ2n) is 6.08. The topological polar surface area (TPSA) is 140 Å². The Bertz CT molecular complexity index is 1110. The van der Waals surface area contributed by atoms with Crippen molar-refractivity contribution < 1.29 is 0 Å². The molecule has 0 atom stereocenters. The maximum Gasteiger partial charge on any atom is 0.183 e. The molecule has 0 fully saturated rings. The van der Waals surface area contributed by atoms with E-state index >= 15 is 0 Å². The highest BCUT2D eigenvalue weighted by Crippen LogP contribution is 2.22. The molecule has 0 saturated heterocycles. The number of hydrazine groups is 1. The van der Waals surface area contributed by atoms with Gasteiger partial charge in [0, 0.05) is 36.1 Å². The zero-order valence-electron chi connectivity index (χ0n) is 14.9. The van der Waals surface area contributed by atoms with Gasteiger partial charge in [-0.25, -0.2) is 20.8 Å². The SMILES string of the molecule is NNc1ncc(Nc2ccnc(N)c2)nc1NCc1ccc2ncccc2c1. The number of benzene rings is 1. The Morgan fingerprint density at radius 1 is 0.929 bits per heavy atom. The van der Waals surface area contributed by atoms with E-state index < -0.39 is 0 Å². The van der Waals surface area contributed by atoms with Crippen LogP contribution in [-0.2, 0) is 6.54 Å². The average Bonchev–Trinajstić information content (AvgIpc) is 2.72. The molecule has 3 heterocycles. The molecule has 7 N–H and O–H groups in total. The van der Waals surface area contributed by atoms with Gasteiger partial charge in [-0.05, 0) is 29.8 Å². The molecule has 3 aromatic heterocycles. The van der Waals surface area contributed by atoms with Crippen LogP contribution in [0.4, 0.5) is 29.0 Å². The number of nitrogens with zero attached hydrogens (tertiary/aromatic N) is 4. The van der Waals surface area contributed by atoms with Crippen molar-refractivity contribution in [1.29, 1.82) is 0 Å². The minimum absolute atomic E-state index is 0.419. The standard InChI is InChI=1S/C19H19N9/c20-16-9-14(5-7-23-16)26-17-11-25-19(28-21)18(27-17)24-10-12-3-4-15-13(8-12)2-1-6-22-15/h1-9,11H,10,21H2,(H,25,28)(H4,20,23,24,26,27). The zero-order valence-corrected chi connectivity index (χ0v) is 14.9. The Hall–Kier alpha value is -3.98. The van der Waals surface area contributed by atoms with Crippen molar-refractivity contribution in [3.05, 3.63) is 66.6 Å². The summed E-state index contributed by atoms with van der Waals surface area (Å²) < 4.78 is 0. The summed E-state index contributed by atoms with van der Waals surface area (Å²) in [5, 5.41) is 7.50. The summed E-state index contributed by atoms with van der Waals surface area (Å²) in [5.41, 5.74) is 11.1. The molecule has 0 aliphatic carbocycles. The quantitative estimate of drug-likeness (QED) is 0.255. The summed E-state index contributed by atoms with van der Waals surface area (Å²) >= 11 is 0. The summed E-state index contributed by atoms with van der Waals surface area (Å²) in [5.74, 6) is 7.52. The fourth-order valence-corrected chi connectivity index (χ4v) is 2.77. The molecule has 0 saturated carbocycles. The first-order chi connectivity index (χ1) is 13.7. The highest BCUT2D eigenvalue weighted by molar-refractivity contribution is 5.79. The first-order valence-corrected chi connectivity index (χ1v) is 8.61. The normalized spacial score (nSPS) is 10.6. The molecule has 0 radical (unpaired) electrons. The summed E-state index contributed by atoms with van der Waals surface area (Å²) in [7, 11) is 0. The van der Waals surface area contributed by atoms with Gasteiger partial charge in [-0.2, -0.15) is 0 Å². The lowest BCUT2D eigenvalue weighted by Gasteiger charge is -2.13. The number of anilines is 5. The Kier molecular flexibility index (Phi) is 4.81. The fraction of sp³-hybridized carbons (Fsp3) is 0.0526. The third-order valence-corrected chi connectivity index (χ3v) is 4.09. The number of rotatable bonds is 6. The van der Waals surface area contributed by atoms with E-state index in [0.717, 1.165) is 22.2 Å². The van der Waals surface area contributed by atoms with E-state index in [1.54, 1.807) is 30.7 Å². The van der Waals surface area contributed by atoms with Gasteiger partial charge in [-0.15, -0.1) is 0 Å². The molecule has 0 aliphatic rings. The largest absolute Gasteiger partial charge is 0.384 e. The molecule has 0 spiro atoms. The summed E-state index contributed by atoms with van der Waals surface area (Å²) in [4.78, 5) is 17.1. The zero-order chi connectivity index (χ0) is 19.3. The van der Waals surface area contributed by atoms with Crippen LogP contribution in [0.25, 0.3) is 10.9 Å². The molecule has 0 bridgehead atoms. The average molecular weight is 373 g/mol. The highest BCUT2D eigenvalue weighted by atomic mass is 15.3. The van der Waals surface area contributed by atoms with E-state index in [1.807, 2.05) is 24.3 Å². The first kappa shape index (κ1) is 17.4. The molecule has 0 amide bonds. The third kappa shape index (κ3) is 3.89. The number of fused-ring (bicyclic) bond motifs is 1. The van der Waals surface area contributed by atoms with E-state index in [4.69, 9.17) is 11.6 Å². The van der Waals surface area contributed by atoms with Crippen LogP contribution in [0.1, 0.15) is 5.56 Å². The maximum atomic E-state index is 5.71. The Morgan fingerprint density at radius 2 is 1.86 bits per heavy atom. The van der Waals surface area contributed by atoms with Crippen LogP contribution in [0.2, 0.25) is 0 Å². The number of aromatic nitrogens is 4. The molecule has 0 unspecified atom stereocenters. The molecular weight excluding hydrogens is 354 g/mol. The Labute approximate surface area is 161 Å². The lowest BCUT2D eigenvalue weighted by atomic mass is 10.1. The maximum absolute atomic E-state index is 5.71. The highest BCUT2D eigenvalue weighted by Gasteiger charge is 2.08. The van der Waals surface area contributed by atoms with E-state index in [1.165, 1.54) is 0 Å². The predicted molar refractivity (Wildman–Crippen MR) is 111 cm³/mol. The molecule has 9 nitrogen and oxygen atoms in total. The van der Waals surface area contributed by atoms with E-state index in [2.05, 4.69) is 42.1 Å². The Morgan fingerprint density at radius 3 is 2.71 bits per heavy atom. The van der Waals surface area contributed by atoms with Crippen molar-refractivity contribution in [1.82, 2.24) is 19.9 Å². The van der Waals surface area contributed by atoms with Crippen LogP contribution < -0.4 is 27.6 Å². The minimum Gasteiger partial charge on any atom is -0.384 e. The van der Waals surface area contributed by atoms with Gasteiger partial charge >= 0.3 is 0 Å². The molecule has 4 rings (SSSR count). The Balaban J connectivity index is 1.53. The summed E-state index contributed by atoms with van der Waals surface area (Å²) in [6, 6.07) is 13.6. The third-order valence-electron chi connectivity index (χ3n) is 4.09. The lowest BCUT2D eigenvalue weighted by molar-refractivity contribution is 1.08. The predicted octanol–water partition coefficient (Wildman–Crippen LogP) is 2.64. The summed E-state index contributed by atoms with van der Waals surface area (Å²) in [6.45, 7) is 0.555. The minimum atomic E-state index is 0.419. The van der Waals surface area contributed by atoms with E-state index in [-0.39, 0.29) is 0 Å². The van der Waals surface area contributed by atoms with Crippen molar-refractivity contribution in [3.63, 3.8) is 0 Å². The number of hydrogen-bond donors (Lipinski definition) is 5. The van der Waals surface area contributed by atoms with Crippen LogP contribution >= 0.6 is 0 Å². The van der Waals surface area contributed by atoms with Gasteiger partial charge in [-0.3, -0.25) is 4.98 Å². The van der Waals surface area contributed by atoms with Crippen LogP contribution in [0, 0.1) is 0 Å². The van der Waals surface area contributed by atoms with Gasteiger partial charge in [0.2, 0.25) is 0 Å². The molecule has 0 aliphatic heterocycles. The second kappa shape index (κ2) is 7.72. The molecule has 140 valence electrons. The van der Waals surface area contributed by atoms with Crippen LogP contribution in [0.5, 0.6) is 0 Å². The van der Waals surface area contributed by atoms with Crippen LogP contribution in [-0.4, -0.2) is 19.9 Å². The fourth-order valence-electron chi connectivity index (χ4n) is 2.77. The molecule has 9 heteroatoms. The number of pyridine rings is 2. The van der Waals surface area contributed by atoms with E-state index in [0.29, 0.717) is 29.8 Å². The van der Waals surface area contributed by atoms with Crippen molar-refractivity contribution in [3.8, 4) is 0 Å². The van der Waals surface area contributed by atoms with Gasteiger partial charge in [0.05, 0.1) is 11.7 Å². The molecule has 1 aromatic carbocycles. The van der Waals surface area contributed by atoms with Gasteiger partial charge in [-0.1, -0.05) is 12.1 Å². The number of nitrogens with two attached hydrogens (primary N) is 2. The van der Waals surface area contributed by atoms with Gasteiger partial charge in [0.15, 0.2) is 17.5 Å². The van der Waals surface area contributed by atoms with E-state index in [9.17, 15) is 0 Å². The number of hydrogen-bond acceptors (Lipinski definition) is 9. The molecular formula is C19H19N9. The van der Waals surface area contributed by atoms with Crippen molar-refractivity contribution >= 4 is 39.9 Å². The van der Waals surface area contributed by atoms with Gasteiger partial charge in [0.1, 0.15) is 5.82 Å².